The molecule has 1 heterocycles. The first kappa shape index (κ1) is 14.7. The summed E-state index contributed by atoms with van der Waals surface area (Å²) in [7, 11) is 1.43. The van der Waals surface area contributed by atoms with Crippen molar-refractivity contribution in [3.8, 4) is 5.88 Å². The second kappa shape index (κ2) is 6.67. The van der Waals surface area contributed by atoms with Crippen molar-refractivity contribution in [2.24, 2.45) is 0 Å². The van der Waals surface area contributed by atoms with E-state index in [0.29, 0.717) is 0 Å². The lowest BCUT2D eigenvalue weighted by molar-refractivity contribution is -0.384. The van der Waals surface area contributed by atoms with Crippen LogP contribution in [0.2, 0.25) is 0 Å². The number of aliphatic hydroxyl groups excluding tert-OH is 1. The Bertz CT molecular complexity index is 619. The molecule has 0 radical (unpaired) electrons. The van der Waals surface area contributed by atoms with Gasteiger partial charge in [0.25, 0.3) is 0 Å². The molecule has 0 amide bonds. The van der Waals surface area contributed by atoms with Crippen LogP contribution in [0.5, 0.6) is 5.88 Å². The van der Waals surface area contributed by atoms with Crippen molar-refractivity contribution in [2.75, 3.05) is 19.0 Å². The minimum Gasteiger partial charge on any atom is -0.481 e. The third-order valence-electron chi connectivity index (χ3n) is 2.95. The number of rotatable bonds is 6. The van der Waals surface area contributed by atoms with E-state index in [9.17, 15) is 15.2 Å². The largest absolute Gasteiger partial charge is 0.481 e. The monoisotopic (exact) mass is 289 g/mol. The fraction of sp³-hybridized carbons (Fsp3) is 0.214. The van der Waals surface area contributed by atoms with Crippen LogP contribution in [0.3, 0.4) is 0 Å². The van der Waals surface area contributed by atoms with Crippen molar-refractivity contribution >= 4 is 11.5 Å². The van der Waals surface area contributed by atoms with Crippen LogP contribution in [0.1, 0.15) is 11.6 Å². The van der Waals surface area contributed by atoms with Gasteiger partial charge in [-0.3, -0.25) is 10.1 Å². The summed E-state index contributed by atoms with van der Waals surface area (Å²) in [5, 5.41) is 23.4. The van der Waals surface area contributed by atoms with Gasteiger partial charge < -0.3 is 15.2 Å². The number of anilines is 1. The normalized spacial score (nSPS) is 11.7. The first-order valence-corrected chi connectivity index (χ1v) is 6.27. The summed E-state index contributed by atoms with van der Waals surface area (Å²) in [4.78, 5) is 14.6. The minimum absolute atomic E-state index is 0.0576. The van der Waals surface area contributed by atoms with E-state index in [0.717, 1.165) is 5.56 Å². The van der Waals surface area contributed by atoms with Gasteiger partial charge in [0.15, 0.2) is 0 Å². The third kappa shape index (κ3) is 3.46. The number of hydrogen-bond donors (Lipinski definition) is 2. The third-order valence-corrected chi connectivity index (χ3v) is 2.95. The molecule has 0 saturated carbocycles. The van der Waals surface area contributed by atoms with Gasteiger partial charge in [-0.25, -0.2) is 0 Å². The van der Waals surface area contributed by atoms with E-state index in [1.165, 1.54) is 19.2 Å². The molecule has 2 aromatic rings. The van der Waals surface area contributed by atoms with Gasteiger partial charge in [-0.15, -0.1) is 0 Å². The molecule has 0 bridgehead atoms. The van der Waals surface area contributed by atoms with Crippen molar-refractivity contribution in [3.05, 3.63) is 58.1 Å². The molecule has 0 spiro atoms. The quantitative estimate of drug-likeness (QED) is 0.624. The molecule has 1 aromatic heterocycles. The maximum Gasteiger partial charge on any atom is 0.311 e. The fourth-order valence-corrected chi connectivity index (χ4v) is 1.89. The van der Waals surface area contributed by atoms with E-state index >= 15 is 0 Å². The van der Waals surface area contributed by atoms with Crippen LogP contribution in [0.25, 0.3) is 0 Å². The number of methoxy groups -OCH3 is 1. The molecule has 1 unspecified atom stereocenters. The van der Waals surface area contributed by atoms with Crippen LogP contribution in [-0.4, -0.2) is 28.7 Å². The van der Waals surface area contributed by atoms with Crippen molar-refractivity contribution < 1.29 is 14.8 Å². The van der Waals surface area contributed by atoms with Gasteiger partial charge in [0.05, 0.1) is 24.7 Å². The van der Waals surface area contributed by atoms with E-state index < -0.39 is 11.0 Å². The summed E-state index contributed by atoms with van der Waals surface area (Å²) >= 11 is 0. The van der Waals surface area contributed by atoms with Gasteiger partial charge in [0.1, 0.15) is 0 Å². The van der Waals surface area contributed by atoms with Crippen LogP contribution in [0, 0.1) is 10.1 Å². The number of nitro groups is 1. The molecule has 1 atom stereocenters. The Kier molecular flexibility index (Phi) is 4.68. The Morgan fingerprint density at radius 3 is 2.62 bits per heavy atom. The van der Waals surface area contributed by atoms with E-state index in [4.69, 9.17) is 4.74 Å². The zero-order valence-corrected chi connectivity index (χ0v) is 11.4. The van der Waals surface area contributed by atoms with Gasteiger partial charge in [-0.2, -0.15) is 4.98 Å². The molecule has 7 nitrogen and oxygen atoms in total. The molecule has 0 aliphatic heterocycles. The second-order valence-electron chi connectivity index (χ2n) is 4.27. The topological polar surface area (TPSA) is 97.5 Å². The minimum atomic E-state index is -0.534. The number of aromatic nitrogens is 1. The Morgan fingerprint density at radius 2 is 2.05 bits per heavy atom. The molecule has 21 heavy (non-hydrogen) atoms. The van der Waals surface area contributed by atoms with Crippen molar-refractivity contribution in [3.63, 3.8) is 0 Å². The van der Waals surface area contributed by atoms with Crippen LogP contribution in [-0.2, 0) is 0 Å². The smallest absolute Gasteiger partial charge is 0.311 e. The number of pyridine rings is 1. The predicted octanol–water partition coefficient (Wildman–Crippen LogP) is 2.14. The van der Waals surface area contributed by atoms with Crippen molar-refractivity contribution in [1.29, 1.82) is 0 Å². The maximum absolute atomic E-state index is 11.0. The summed E-state index contributed by atoms with van der Waals surface area (Å²) in [6.45, 7) is -0.222. The molecular weight excluding hydrogens is 274 g/mol. The average molecular weight is 289 g/mol. The molecule has 0 fully saturated rings. The van der Waals surface area contributed by atoms with E-state index in [1.807, 2.05) is 30.3 Å². The number of benzene rings is 1. The standard InChI is InChI=1S/C14H15N3O4/c1-21-13-8-7-12(17(19)20)14(16-13)15-11(9-18)10-5-3-2-4-6-10/h2-8,11,18H,9H2,1H3,(H,15,16). The van der Waals surface area contributed by atoms with E-state index in [-0.39, 0.29) is 24.0 Å². The Labute approximate surface area is 121 Å². The fourth-order valence-electron chi connectivity index (χ4n) is 1.89. The highest BCUT2D eigenvalue weighted by Gasteiger charge is 2.20. The molecule has 7 heteroatoms. The van der Waals surface area contributed by atoms with Crippen LogP contribution >= 0.6 is 0 Å². The molecule has 0 aliphatic rings. The van der Waals surface area contributed by atoms with Crippen LogP contribution in [0.4, 0.5) is 11.5 Å². The lowest BCUT2D eigenvalue weighted by atomic mass is 10.1. The summed E-state index contributed by atoms with van der Waals surface area (Å²) in [6, 6.07) is 11.4. The SMILES string of the molecule is COc1ccc([N+](=O)[O-])c(NC(CO)c2ccccc2)n1. The molecular formula is C14H15N3O4. The number of aliphatic hydroxyl groups is 1. The molecule has 110 valence electrons. The maximum atomic E-state index is 11.0. The molecule has 0 aliphatic carbocycles. The zero-order chi connectivity index (χ0) is 15.2. The number of ether oxygens (including phenoxy) is 1. The van der Waals surface area contributed by atoms with Crippen molar-refractivity contribution in [2.45, 2.75) is 6.04 Å². The van der Waals surface area contributed by atoms with Gasteiger partial charge in [-0.05, 0) is 5.56 Å². The number of nitrogens with zero attached hydrogens (tertiary/aromatic N) is 2. The van der Waals surface area contributed by atoms with E-state index in [2.05, 4.69) is 10.3 Å². The van der Waals surface area contributed by atoms with E-state index in [1.54, 1.807) is 0 Å². The highest BCUT2D eigenvalue weighted by molar-refractivity contribution is 5.58. The number of nitrogens with one attached hydrogen (secondary N) is 1. The predicted molar refractivity (Wildman–Crippen MR) is 77.3 cm³/mol. The van der Waals surface area contributed by atoms with Gasteiger partial charge in [0.2, 0.25) is 11.7 Å². The van der Waals surface area contributed by atoms with Gasteiger partial charge >= 0.3 is 5.69 Å². The second-order valence-corrected chi connectivity index (χ2v) is 4.27. The number of hydrogen-bond acceptors (Lipinski definition) is 6. The first-order chi connectivity index (χ1) is 10.2. The summed E-state index contributed by atoms with van der Waals surface area (Å²) in [5.41, 5.74) is 0.629. The molecule has 0 saturated heterocycles. The highest BCUT2D eigenvalue weighted by Crippen LogP contribution is 2.28. The Balaban J connectivity index is 2.34. The Morgan fingerprint density at radius 1 is 1.33 bits per heavy atom. The lowest BCUT2D eigenvalue weighted by Gasteiger charge is -2.17. The molecule has 2 N–H and O–H groups in total. The molecule has 2 rings (SSSR count). The summed E-state index contributed by atoms with van der Waals surface area (Å²) in [5.74, 6) is 0.315. The summed E-state index contributed by atoms with van der Waals surface area (Å²) in [6.07, 6.45) is 0. The molecule has 1 aromatic carbocycles. The van der Waals surface area contributed by atoms with Gasteiger partial charge in [0, 0.05) is 12.1 Å². The average Bonchev–Trinajstić information content (AvgIpc) is 2.53. The zero-order valence-electron chi connectivity index (χ0n) is 11.4. The van der Waals surface area contributed by atoms with Crippen LogP contribution in [0.15, 0.2) is 42.5 Å². The van der Waals surface area contributed by atoms with Gasteiger partial charge in [-0.1, -0.05) is 30.3 Å². The first-order valence-electron chi connectivity index (χ1n) is 6.27. The van der Waals surface area contributed by atoms with Crippen molar-refractivity contribution in [1.82, 2.24) is 4.98 Å². The van der Waals surface area contributed by atoms with Crippen LogP contribution < -0.4 is 10.1 Å². The Hall–Kier alpha value is -2.67. The highest BCUT2D eigenvalue weighted by atomic mass is 16.6. The lowest BCUT2D eigenvalue weighted by Crippen LogP contribution is -2.16. The summed E-state index contributed by atoms with van der Waals surface area (Å²) < 4.78 is 4.97.